The lowest BCUT2D eigenvalue weighted by atomic mass is 10.2. The van der Waals surface area contributed by atoms with Gasteiger partial charge in [0.25, 0.3) is 23.1 Å². The summed E-state index contributed by atoms with van der Waals surface area (Å²) in [5.74, 6) is -5.21. The zero-order chi connectivity index (χ0) is 33.5. The topological polar surface area (TPSA) is 293 Å². The van der Waals surface area contributed by atoms with Crippen LogP contribution in [0.2, 0.25) is 0 Å². The van der Waals surface area contributed by atoms with Gasteiger partial charge in [0.05, 0.1) is 36.2 Å². The van der Waals surface area contributed by atoms with Gasteiger partial charge >= 0.3 is 20.2 Å². The number of amides is 1. The molecule has 1 saturated heterocycles. The SMILES string of the molecule is COc1cc([N+](=O)[O-])c(S(=O)(=O)O)cc1N1NC(O)(C(=O)Nc2ccccc2)NN1c1cc(S(=O)(=O)O)c([N+](=O)[O-])cc1OC. The summed E-state index contributed by atoms with van der Waals surface area (Å²) < 4.78 is 78.3. The third kappa shape index (κ3) is 6.38. The van der Waals surface area contributed by atoms with Crippen molar-refractivity contribution < 1.29 is 55.2 Å². The van der Waals surface area contributed by atoms with Gasteiger partial charge in [-0.3, -0.25) is 34.1 Å². The van der Waals surface area contributed by atoms with Crippen LogP contribution in [0.15, 0.2) is 64.4 Å². The number of para-hydroxylation sites is 1. The van der Waals surface area contributed by atoms with Crippen molar-refractivity contribution in [3.63, 3.8) is 0 Å². The molecule has 1 aliphatic heterocycles. The molecule has 3 aromatic carbocycles. The van der Waals surface area contributed by atoms with Gasteiger partial charge < -0.3 is 19.9 Å². The van der Waals surface area contributed by atoms with E-state index >= 15 is 0 Å². The Hall–Kier alpha value is -5.17. The van der Waals surface area contributed by atoms with Gasteiger partial charge in [0.2, 0.25) is 0 Å². The minimum absolute atomic E-state index is 0.174. The number of methoxy groups -OCH3 is 2. The maximum atomic E-state index is 13.3. The summed E-state index contributed by atoms with van der Waals surface area (Å²) in [5.41, 5.74) is 1.25. The molecule has 0 bridgehead atoms. The quantitative estimate of drug-likeness (QED) is 0.0974. The van der Waals surface area contributed by atoms with E-state index in [1.807, 2.05) is 0 Å². The molecule has 1 fully saturated rings. The summed E-state index contributed by atoms with van der Waals surface area (Å²) in [7, 11) is -8.64. The number of carbonyl (C=O) groups excluding carboxylic acids is 1. The van der Waals surface area contributed by atoms with Crippen molar-refractivity contribution in [2.75, 3.05) is 29.8 Å². The highest BCUT2D eigenvalue weighted by atomic mass is 32.2. The number of carbonyl (C=O) groups is 1. The number of nitro groups is 2. The lowest BCUT2D eigenvalue weighted by Crippen LogP contribution is -2.60. The number of benzene rings is 3. The molecule has 3 aromatic rings. The standard InChI is InChI=1S/C22H21N7O14S2/c1-42-17-8-15(28(32)33)19(44(36,37)38)10-13(17)26-24-22(31,21(30)23-12-6-4-3-5-7-12)25-27(26)14-11-20(45(39,40)41)16(29(34)35)9-18(14)43-2/h3-11,24-25,31H,1-2H3,(H,23,30)(H,36,37,38)(H,39,40,41). The highest BCUT2D eigenvalue weighted by Gasteiger charge is 2.50. The molecule has 0 aliphatic carbocycles. The highest BCUT2D eigenvalue weighted by Crippen LogP contribution is 2.43. The smallest absolute Gasteiger partial charge is 0.301 e. The van der Waals surface area contributed by atoms with Gasteiger partial charge in [-0.15, -0.1) is 0 Å². The van der Waals surface area contributed by atoms with Gasteiger partial charge in [-0.05, 0) is 24.3 Å². The molecule has 0 saturated carbocycles. The minimum atomic E-state index is -5.32. The van der Waals surface area contributed by atoms with Gasteiger partial charge in [0.1, 0.15) is 11.4 Å². The Labute approximate surface area is 252 Å². The van der Waals surface area contributed by atoms with E-state index in [9.17, 15) is 56.1 Å². The molecule has 6 N–H and O–H groups in total. The Morgan fingerprint density at radius 1 is 0.822 bits per heavy atom. The molecule has 1 aliphatic rings. The molecule has 45 heavy (non-hydrogen) atoms. The fourth-order valence-electron chi connectivity index (χ4n) is 4.05. The van der Waals surface area contributed by atoms with Crippen LogP contribution in [0.1, 0.15) is 0 Å². The van der Waals surface area contributed by atoms with Crippen LogP contribution in [-0.4, -0.2) is 66.9 Å². The predicted molar refractivity (Wildman–Crippen MR) is 150 cm³/mol. The fraction of sp³-hybridized carbons (Fsp3) is 0.136. The fourth-order valence-corrected chi connectivity index (χ4v) is 5.36. The molecule has 0 aromatic heterocycles. The molecular weight excluding hydrogens is 650 g/mol. The van der Waals surface area contributed by atoms with E-state index in [2.05, 4.69) is 16.2 Å². The second-order valence-corrected chi connectivity index (χ2v) is 11.6. The van der Waals surface area contributed by atoms with Crippen molar-refractivity contribution >= 4 is 54.6 Å². The van der Waals surface area contributed by atoms with Crippen LogP contribution in [0.5, 0.6) is 11.5 Å². The van der Waals surface area contributed by atoms with E-state index in [0.29, 0.717) is 34.5 Å². The van der Waals surface area contributed by atoms with Crippen LogP contribution in [0.4, 0.5) is 28.4 Å². The van der Waals surface area contributed by atoms with E-state index in [0.717, 1.165) is 14.2 Å². The summed E-state index contributed by atoms with van der Waals surface area (Å²) >= 11 is 0. The molecule has 240 valence electrons. The first-order valence-corrected chi connectivity index (χ1v) is 14.7. The number of anilines is 3. The molecule has 4 rings (SSSR count). The summed E-state index contributed by atoms with van der Waals surface area (Å²) in [4.78, 5) is 31.6. The Morgan fingerprint density at radius 2 is 1.22 bits per heavy atom. The van der Waals surface area contributed by atoms with Crippen LogP contribution < -0.4 is 35.9 Å². The number of rotatable bonds is 10. The third-order valence-corrected chi connectivity index (χ3v) is 7.79. The summed E-state index contributed by atoms with van der Waals surface area (Å²) in [5, 5.41) is 38.1. The minimum Gasteiger partial charge on any atom is -0.494 e. The summed E-state index contributed by atoms with van der Waals surface area (Å²) in [6.07, 6.45) is 0. The van der Waals surface area contributed by atoms with Gasteiger partial charge in [-0.25, -0.2) is 0 Å². The maximum Gasteiger partial charge on any atom is 0.301 e. The Balaban J connectivity index is 2.01. The van der Waals surface area contributed by atoms with Crippen molar-refractivity contribution in [2.24, 2.45) is 0 Å². The highest BCUT2D eigenvalue weighted by molar-refractivity contribution is 7.86. The van der Waals surface area contributed by atoms with E-state index in [4.69, 9.17) is 9.47 Å². The van der Waals surface area contributed by atoms with Crippen molar-refractivity contribution in [3.8, 4) is 11.5 Å². The Kier molecular flexibility index (Phi) is 8.53. The zero-order valence-electron chi connectivity index (χ0n) is 22.6. The number of aliphatic hydroxyl groups is 1. The average Bonchev–Trinajstić information content (AvgIpc) is 3.33. The van der Waals surface area contributed by atoms with E-state index < -0.39 is 85.9 Å². The number of hydrogen-bond acceptors (Lipinski definition) is 16. The number of nitro benzene ring substituents is 2. The third-order valence-electron chi connectivity index (χ3n) is 6.02. The van der Waals surface area contributed by atoms with Crippen molar-refractivity contribution in [1.82, 2.24) is 10.9 Å². The Morgan fingerprint density at radius 3 is 1.56 bits per heavy atom. The van der Waals surface area contributed by atoms with Crippen molar-refractivity contribution in [2.45, 2.75) is 15.6 Å². The van der Waals surface area contributed by atoms with Crippen molar-refractivity contribution in [3.05, 3.63) is 74.8 Å². The first kappa shape index (κ1) is 32.7. The number of nitrogens with one attached hydrogen (secondary N) is 3. The average molecular weight is 672 g/mol. The molecule has 23 heteroatoms. The molecule has 1 amide bonds. The zero-order valence-corrected chi connectivity index (χ0v) is 24.3. The number of ether oxygens (including phenoxy) is 2. The monoisotopic (exact) mass is 671 g/mol. The lowest BCUT2D eigenvalue weighted by Gasteiger charge is -2.30. The summed E-state index contributed by atoms with van der Waals surface area (Å²) in [6.45, 7) is 0. The maximum absolute atomic E-state index is 13.3. The van der Waals surface area contributed by atoms with Crippen LogP contribution in [0.25, 0.3) is 0 Å². The second kappa shape index (κ2) is 11.7. The largest absolute Gasteiger partial charge is 0.494 e. The van der Waals surface area contributed by atoms with Crippen LogP contribution >= 0.6 is 0 Å². The molecule has 0 atom stereocenters. The van der Waals surface area contributed by atoms with E-state index in [-0.39, 0.29) is 5.69 Å². The van der Waals surface area contributed by atoms with Gasteiger partial charge in [-0.2, -0.15) is 37.9 Å². The van der Waals surface area contributed by atoms with Gasteiger partial charge in [0, 0.05) is 5.69 Å². The first-order valence-electron chi connectivity index (χ1n) is 11.8. The van der Waals surface area contributed by atoms with Crippen LogP contribution in [-0.2, 0) is 25.0 Å². The molecule has 0 unspecified atom stereocenters. The predicted octanol–water partition coefficient (Wildman–Crippen LogP) is 0.549. The molecule has 21 nitrogen and oxygen atoms in total. The van der Waals surface area contributed by atoms with Crippen LogP contribution in [0, 0.1) is 20.2 Å². The van der Waals surface area contributed by atoms with Gasteiger partial charge in [0.15, 0.2) is 21.3 Å². The number of hydrazine groups is 3. The summed E-state index contributed by atoms with van der Waals surface area (Å²) in [6, 6.07) is 9.79. The van der Waals surface area contributed by atoms with Crippen molar-refractivity contribution in [1.29, 1.82) is 0 Å². The number of nitrogens with zero attached hydrogens (tertiary/aromatic N) is 4. The van der Waals surface area contributed by atoms with E-state index in [1.54, 1.807) is 18.2 Å². The van der Waals surface area contributed by atoms with E-state index in [1.165, 1.54) is 12.1 Å². The molecule has 0 radical (unpaired) electrons. The second-order valence-electron chi connectivity index (χ2n) is 8.83. The normalized spacial score (nSPS) is 14.6. The first-order chi connectivity index (χ1) is 20.9. The lowest BCUT2D eigenvalue weighted by molar-refractivity contribution is -0.388. The molecular formula is C22H21N7O14S2. The van der Waals surface area contributed by atoms with Gasteiger partial charge in [-0.1, -0.05) is 18.2 Å². The molecule has 1 heterocycles. The Bertz CT molecular complexity index is 1810. The number of hydrogen-bond donors (Lipinski definition) is 6. The van der Waals surface area contributed by atoms with Crippen LogP contribution in [0.3, 0.4) is 0 Å². The molecule has 0 spiro atoms.